The molecule has 8 fully saturated rings. The summed E-state index contributed by atoms with van der Waals surface area (Å²) < 4.78 is 89.1. The molecule has 8 saturated heterocycles. The monoisotopic (exact) mass is 1560 g/mol. The van der Waals surface area contributed by atoms with Gasteiger partial charge in [-0.15, -0.1) is 0 Å². The highest BCUT2D eigenvalue weighted by Gasteiger charge is 2.57. The molecule has 0 aromatic heterocycles. The fourth-order valence-corrected chi connectivity index (χ4v) is 12.6. The fraction of sp³-hybridized carbons (Fsp3) is 0.965. The molecule has 8 heterocycles. The maximum atomic E-state index is 14.6. The SMILES string of the molecule is NC(CCC(=O)N(CO[C@H]1O[C@@H](CO)[C@H](O[C@@H]2O[C@H](CO)[C@@H](O)[C@H](O)[C@H]2O)[C@@H](O)[C@@H]1O)CO[C@@H]1O[C@H](CO)[C@@H](O[C@@H]2O[C@H](CO)[C@@H](O)[C@H](O)[C@H]2O)[C@H](O)[C@H]1O)C(=O)N(CO[C@H]1O[C@@H](CO)[C@H](O[C@H]2O[C@@H](CO)[C@H](O)[C@@H](O)[C@@H]2O)[C@@H](O)[C@@H]1O)CO[C@H]1O[C@@H](CO)[C@H](O[C@@H]2O[C@H](CO)[C@@H](O)[C@H](O)[C@H]2O)[C@@H](O)[C@@H]1O. The molecule has 30 N–H and O–H groups in total. The summed E-state index contributed by atoms with van der Waals surface area (Å²) >= 11 is 0. The maximum absolute atomic E-state index is 14.6. The molecule has 49 nitrogen and oxygen atoms in total. The Labute approximate surface area is 598 Å². The average molecular weight is 1560 g/mol. The van der Waals surface area contributed by atoms with Crippen LogP contribution in [0.5, 0.6) is 0 Å². The van der Waals surface area contributed by atoms with E-state index < -0.39 is 356 Å². The van der Waals surface area contributed by atoms with Crippen molar-refractivity contribution in [1.29, 1.82) is 0 Å². The summed E-state index contributed by atoms with van der Waals surface area (Å²) in [6.07, 6.45) is -79.9. The van der Waals surface area contributed by atoms with Crippen LogP contribution < -0.4 is 5.73 Å². The lowest BCUT2D eigenvalue weighted by Gasteiger charge is -2.46. The number of ether oxygens (including phenoxy) is 16. The maximum Gasteiger partial charge on any atom is 0.243 e. The van der Waals surface area contributed by atoms with E-state index in [0.717, 1.165) is 0 Å². The minimum absolute atomic E-state index is 0.525. The van der Waals surface area contributed by atoms with Crippen LogP contribution in [0.3, 0.4) is 0 Å². The Bertz CT molecular complexity index is 2480. The second-order valence-corrected chi connectivity index (χ2v) is 26.2. The van der Waals surface area contributed by atoms with Crippen LogP contribution in [0, 0.1) is 0 Å². The number of aliphatic hydroxyl groups is 28. The summed E-state index contributed by atoms with van der Waals surface area (Å²) in [4.78, 5) is 30.3. The number of hydrogen-bond donors (Lipinski definition) is 29. The van der Waals surface area contributed by atoms with Crippen LogP contribution >= 0.6 is 0 Å². The second kappa shape index (κ2) is 39.7. The first kappa shape index (κ1) is 88.7. The molecule has 8 aliphatic heterocycles. The molecule has 0 aromatic rings. The van der Waals surface area contributed by atoms with Gasteiger partial charge in [-0.2, -0.15) is 0 Å². The van der Waals surface area contributed by atoms with Gasteiger partial charge in [0.05, 0.1) is 58.9 Å². The highest BCUT2D eigenvalue weighted by atomic mass is 16.8. The van der Waals surface area contributed by atoms with Gasteiger partial charge in [-0.05, 0) is 6.42 Å². The Hall–Kier alpha value is -2.86. The van der Waals surface area contributed by atoms with Crippen molar-refractivity contribution in [2.24, 2.45) is 5.73 Å². The molecule has 49 heteroatoms. The van der Waals surface area contributed by atoms with E-state index in [0.29, 0.717) is 9.80 Å². The van der Waals surface area contributed by atoms with E-state index in [9.17, 15) is 153 Å². The summed E-state index contributed by atoms with van der Waals surface area (Å²) in [6, 6.07) is -1.94. The Morgan fingerprint density at radius 2 is 0.472 bits per heavy atom. The van der Waals surface area contributed by atoms with Gasteiger partial charge >= 0.3 is 0 Å². The molecule has 0 radical (unpaired) electrons. The predicted octanol–water partition coefficient (Wildman–Crippen LogP) is -20.9. The van der Waals surface area contributed by atoms with Gasteiger partial charge in [-0.25, -0.2) is 0 Å². The van der Waals surface area contributed by atoms with E-state index in [2.05, 4.69) is 0 Å². The largest absolute Gasteiger partial charge is 0.394 e. The molecule has 0 spiro atoms. The normalized spacial score (nSPS) is 47.1. The first-order chi connectivity index (χ1) is 50.2. The smallest absolute Gasteiger partial charge is 0.243 e. The topological polar surface area (TPSA) is 781 Å². The molecule has 618 valence electrons. The van der Waals surface area contributed by atoms with Crippen molar-refractivity contribution in [2.45, 2.75) is 265 Å². The third kappa shape index (κ3) is 19.8. The number of amides is 2. The van der Waals surface area contributed by atoms with Crippen LogP contribution in [0.25, 0.3) is 0 Å². The second-order valence-electron chi connectivity index (χ2n) is 26.2. The molecule has 0 saturated carbocycles. The third-order valence-electron chi connectivity index (χ3n) is 19.1. The number of carbonyl (C=O) groups excluding carboxylic acids is 2. The zero-order valence-corrected chi connectivity index (χ0v) is 55.9. The minimum atomic E-state index is -2.25. The Balaban J connectivity index is 1.00. The number of hydrogen-bond acceptors (Lipinski definition) is 47. The number of nitrogens with zero attached hydrogens (tertiary/aromatic N) is 2. The predicted molar refractivity (Wildman–Crippen MR) is 320 cm³/mol. The van der Waals surface area contributed by atoms with E-state index in [1.54, 1.807) is 0 Å². The van der Waals surface area contributed by atoms with Crippen LogP contribution in [0.2, 0.25) is 0 Å². The number of carbonyl (C=O) groups is 2. The highest BCUT2D eigenvalue weighted by molar-refractivity contribution is 5.83. The summed E-state index contributed by atoms with van der Waals surface area (Å²) in [6.45, 7) is -12.6. The van der Waals surface area contributed by atoms with Gasteiger partial charge in [0.1, 0.15) is 222 Å². The zero-order chi connectivity index (χ0) is 78.2. The van der Waals surface area contributed by atoms with Crippen LogP contribution in [0.4, 0.5) is 0 Å². The van der Waals surface area contributed by atoms with Gasteiger partial charge in [0.2, 0.25) is 11.8 Å². The molecule has 0 aliphatic carbocycles. The highest BCUT2D eigenvalue weighted by Crippen LogP contribution is 2.36. The Kier molecular flexibility index (Phi) is 33.3. The first-order valence-corrected chi connectivity index (χ1v) is 33.4. The Morgan fingerprint density at radius 1 is 0.274 bits per heavy atom. The molecule has 0 aromatic carbocycles. The zero-order valence-electron chi connectivity index (χ0n) is 55.9. The van der Waals surface area contributed by atoms with Crippen molar-refractivity contribution in [3.8, 4) is 0 Å². The number of nitrogens with two attached hydrogens (primary N) is 1. The average Bonchev–Trinajstić information content (AvgIpc) is 0.797. The molecule has 8 rings (SSSR count). The van der Waals surface area contributed by atoms with Gasteiger partial charge in [0, 0.05) is 6.42 Å². The molecule has 8 aliphatic rings. The standard InChI is InChI=1S/C57H99N3O46/c58-15(49(90)60(13-93-52-43(88)35(80)47(22(9-67)101-52)105-56-39(84)31(76)27(72)18(5-63)97-56)14-94-53-44(89)36(81)48(23(10-68)102-53)106-57-40(85)32(77)28(73)19(6-64)98-57)1-2-24(69)59(11-91-50-41(86)33(78)45(20(7-65)99-50)103-54-37(82)29(74)25(70)16(3-61)95-54)12-92-51-42(87)34(79)46(21(8-66)100-51)104-55-38(83)30(75)26(71)17(4-62)96-55/h15-23,25-48,50-57,61-68,70-89H,1-14,58H2/t15?,16-,17-,18-,19+,20-,21+,22+,23+,25-,26-,27-,28+,29+,30+,31+,32-,33-,34+,35+,36+,37-,38-,39-,40+,41-,42+,43+,44+,45-,46+,47+,48+,50-,51+,52+,53+,54+,55+,56+,57-/m1/s1. The summed E-state index contributed by atoms with van der Waals surface area (Å²) in [5.74, 6) is -2.48. The Morgan fingerprint density at radius 3 is 0.689 bits per heavy atom. The first-order valence-electron chi connectivity index (χ1n) is 33.4. The van der Waals surface area contributed by atoms with E-state index in [1.165, 1.54) is 0 Å². The fourth-order valence-electron chi connectivity index (χ4n) is 12.6. The summed E-state index contributed by atoms with van der Waals surface area (Å²) in [5, 5.41) is 296. The van der Waals surface area contributed by atoms with Crippen molar-refractivity contribution in [2.75, 3.05) is 79.8 Å². The lowest BCUT2D eigenvalue weighted by molar-refractivity contribution is -0.365. The summed E-state index contributed by atoms with van der Waals surface area (Å²) in [7, 11) is 0. The summed E-state index contributed by atoms with van der Waals surface area (Å²) in [5.41, 5.74) is 6.43. The molecule has 2 amide bonds. The third-order valence-corrected chi connectivity index (χ3v) is 19.1. The molecule has 41 atom stereocenters. The van der Waals surface area contributed by atoms with Gasteiger partial charge in [0.15, 0.2) is 50.3 Å². The van der Waals surface area contributed by atoms with Crippen molar-refractivity contribution in [3.63, 3.8) is 0 Å². The van der Waals surface area contributed by atoms with Crippen LogP contribution in [-0.4, -0.2) is 496 Å². The van der Waals surface area contributed by atoms with E-state index in [4.69, 9.17) is 81.5 Å². The van der Waals surface area contributed by atoms with Crippen LogP contribution in [0.15, 0.2) is 0 Å². The van der Waals surface area contributed by atoms with Gasteiger partial charge in [0.25, 0.3) is 0 Å². The van der Waals surface area contributed by atoms with Crippen molar-refractivity contribution in [3.05, 3.63) is 0 Å². The molecular weight excluding hydrogens is 1460 g/mol. The van der Waals surface area contributed by atoms with Gasteiger partial charge in [-0.3, -0.25) is 19.4 Å². The van der Waals surface area contributed by atoms with E-state index in [-0.39, 0.29) is 0 Å². The van der Waals surface area contributed by atoms with Gasteiger partial charge < -0.3 is 225 Å². The lowest BCUT2D eigenvalue weighted by atomic mass is 9.97. The van der Waals surface area contributed by atoms with Gasteiger partial charge in [-0.1, -0.05) is 0 Å². The van der Waals surface area contributed by atoms with E-state index >= 15 is 0 Å². The van der Waals surface area contributed by atoms with E-state index in [1.807, 2.05) is 0 Å². The number of aliphatic hydroxyl groups excluding tert-OH is 28. The quantitative estimate of drug-likeness (QED) is 0.0278. The molecule has 106 heavy (non-hydrogen) atoms. The molecule has 0 bridgehead atoms. The minimum Gasteiger partial charge on any atom is -0.394 e. The molecule has 1 unspecified atom stereocenters. The lowest BCUT2D eigenvalue weighted by Crippen LogP contribution is -2.65. The number of rotatable bonds is 32. The van der Waals surface area contributed by atoms with Crippen molar-refractivity contribution in [1.82, 2.24) is 9.80 Å². The van der Waals surface area contributed by atoms with Crippen LogP contribution in [0.1, 0.15) is 12.8 Å². The van der Waals surface area contributed by atoms with Crippen molar-refractivity contribution >= 4 is 11.8 Å². The van der Waals surface area contributed by atoms with Crippen molar-refractivity contribution < 1.29 is 228 Å². The molecular formula is C57H99N3O46. The van der Waals surface area contributed by atoms with Crippen LogP contribution in [-0.2, 0) is 85.4 Å².